The van der Waals surface area contributed by atoms with Gasteiger partial charge in [0.15, 0.2) is 0 Å². The highest BCUT2D eigenvalue weighted by Crippen LogP contribution is 2.26. The topological polar surface area (TPSA) is 57.8 Å². The molecule has 3 aromatic rings. The third-order valence-electron chi connectivity index (χ3n) is 4.64. The number of aryl methyl sites for hydroxylation is 2. The molecular weight excluding hydrogens is 450 g/mol. The van der Waals surface area contributed by atoms with Crippen LogP contribution in [0.1, 0.15) is 22.5 Å². The molecule has 1 amide bonds. The van der Waals surface area contributed by atoms with E-state index >= 15 is 0 Å². The van der Waals surface area contributed by atoms with Crippen LogP contribution in [0.15, 0.2) is 58.6 Å². The average molecular weight is 469 g/mol. The number of hydrogen-bond donors (Lipinski definition) is 1. The Morgan fingerprint density at radius 1 is 1.14 bits per heavy atom. The van der Waals surface area contributed by atoms with Gasteiger partial charge in [0.25, 0.3) is 5.91 Å². The van der Waals surface area contributed by atoms with E-state index in [0.29, 0.717) is 10.7 Å². The minimum atomic E-state index is -0.459. The van der Waals surface area contributed by atoms with Crippen molar-refractivity contribution in [2.75, 3.05) is 5.32 Å². The molecule has 0 unspecified atom stereocenters. The summed E-state index contributed by atoms with van der Waals surface area (Å²) in [6.07, 6.45) is 1.62. The van der Waals surface area contributed by atoms with Crippen LogP contribution in [0.5, 0.6) is 0 Å². The molecule has 0 bridgehead atoms. The lowest BCUT2D eigenvalue weighted by Gasteiger charge is -2.11. The van der Waals surface area contributed by atoms with Crippen molar-refractivity contribution in [2.45, 2.75) is 20.8 Å². The van der Waals surface area contributed by atoms with E-state index in [1.165, 1.54) is 0 Å². The summed E-state index contributed by atoms with van der Waals surface area (Å²) in [5, 5.41) is 12.8. The molecule has 0 spiro atoms. The van der Waals surface area contributed by atoms with Crippen LogP contribution >= 0.6 is 27.5 Å². The molecule has 2 aromatic carbocycles. The second-order valence-corrected chi connectivity index (χ2v) is 8.02. The number of benzene rings is 2. The first-order valence-corrected chi connectivity index (χ1v) is 10.1. The lowest BCUT2D eigenvalue weighted by molar-refractivity contribution is -0.112. The van der Waals surface area contributed by atoms with Crippen LogP contribution in [0.3, 0.4) is 0 Å². The molecule has 4 nitrogen and oxygen atoms in total. The van der Waals surface area contributed by atoms with Crippen molar-refractivity contribution in [3.05, 3.63) is 86.1 Å². The van der Waals surface area contributed by atoms with Crippen LogP contribution in [0, 0.1) is 32.1 Å². The van der Waals surface area contributed by atoms with Gasteiger partial charge >= 0.3 is 0 Å². The number of hydrogen-bond acceptors (Lipinski definition) is 2. The second kappa shape index (κ2) is 8.69. The Hall–Kier alpha value is -2.81. The number of carbonyl (C=O) groups is 1. The van der Waals surface area contributed by atoms with Gasteiger partial charge in [0.2, 0.25) is 0 Å². The maximum Gasteiger partial charge on any atom is 0.266 e. The first-order valence-electron chi connectivity index (χ1n) is 8.94. The summed E-state index contributed by atoms with van der Waals surface area (Å²) < 4.78 is 3.16. The predicted octanol–water partition coefficient (Wildman–Crippen LogP) is 6.36. The van der Waals surface area contributed by atoms with Crippen LogP contribution in [-0.4, -0.2) is 10.5 Å². The van der Waals surface area contributed by atoms with Crippen molar-refractivity contribution in [1.29, 1.82) is 5.26 Å². The molecule has 1 heterocycles. The Morgan fingerprint density at radius 2 is 1.83 bits per heavy atom. The van der Waals surface area contributed by atoms with Crippen molar-refractivity contribution in [3.8, 4) is 11.8 Å². The number of aromatic nitrogens is 1. The molecule has 1 aromatic heterocycles. The van der Waals surface area contributed by atoms with Gasteiger partial charge in [-0.05, 0) is 86.5 Å². The smallest absolute Gasteiger partial charge is 0.266 e. The zero-order valence-electron chi connectivity index (χ0n) is 16.3. The van der Waals surface area contributed by atoms with Crippen molar-refractivity contribution < 1.29 is 4.79 Å². The number of nitrogens with one attached hydrogen (secondary N) is 1. The molecule has 29 heavy (non-hydrogen) atoms. The van der Waals surface area contributed by atoms with Crippen LogP contribution in [-0.2, 0) is 4.79 Å². The summed E-state index contributed by atoms with van der Waals surface area (Å²) in [7, 11) is 0. The molecule has 0 aliphatic rings. The Labute approximate surface area is 183 Å². The zero-order chi connectivity index (χ0) is 21.1. The maximum atomic E-state index is 12.5. The van der Waals surface area contributed by atoms with E-state index in [1.54, 1.807) is 30.3 Å². The quantitative estimate of drug-likeness (QED) is 0.357. The number of anilines is 1. The Kier molecular flexibility index (Phi) is 6.26. The van der Waals surface area contributed by atoms with Gasteiger partial charge in [-0.25, -0.2) is 0 Å². The summed E-state index contributed by atoms with van der Waals surface area (Å²) in [6, 6.07) is 16.9. The number of carbonyl (C=O) groups excluding carboxylic acids is 1. The second-order valence-electron chi connectivity index (χ2n) is 6.73. The number of nitrogens with zero attached hydrogens (tertiary/aromatic N) is 2. The Bertz CT molecular complexity index is 1150. The first kappa shape index (κ1) is 20.9. The van der Waals surface area contributed by atoms with Crippen molar-refractivity contribution in [3.63, 3.8) is 0 Å². The number of halogens is 2. The predicted molar refractivity (Wildman–Crippen MR) is 121 cm³/mol. The summed E-state index contributed by atoms with van der Waals surface area (Å²) in [6.45, 7) is 6.02. The minimum Gasteiger partial charge on any atom is -0.321 e. The molecule has 0 saturated heterocycles. The monoisotopic (exact) mass is 467 g/mol. The van der Waals surface area contributed by atoms with Gasteiger partial charge in [0.1, 0.15) is 11.6 Å². The van der Waals surface area contributed by atoms with Gasteiger partial charge in [0.05, 0.1) is 0 Å². The van der Waals surface area contributed by atoms with Crippen molar-refractivity contribution in [1.82, 2.24) is 4.57 Å². The number of nitriles is 1. The third kappa shape index (κ3) is 4.61. The molecule has 0 radical (unpaired) electrons. The SMILES string of the molecule is Cc1cc(-n2c(C)cc(/C=C(/C#N)C(=O)Nc3ccc(Cl)cc3)c2C)ccc1Br. The molecule has 0 atom stereocenters. The van der Waals surface area contributed by atoms with Crippen LogP contribution in [0.2, 0.25) is 5.02 Å². The largest absolute Gasteiger partial charge is 0.321 e. The summed E-state index contributed by atoms with van der Waals surface area (Å²) in [5.74, 6) is -0.459. The average Bonchev–Trinajstić information content (AvgIpc) is 2.97. The summed E-state index contributed by atoms with van der Waals surface area (Å²) in [5.41, 5.74) is 5.58. The molecule has 146 valence electrons. The maximum absolute atomic E-state index is 12.5. The van der Waals surface area contributed by atoms with E-state index in [4.69, 9.17) is 11.6 Å². The molecule has 0 aliphatic carbocycles. The molecule has 3 rings (SSSR count). The highest BCUT2D eigenvalue weighted by Gasteiger charge is 2.14. The van der Waals surface area contributed by atoms with Gasteiger partial charge < -0.3 is 9.88 Å². The summed E-state index contributed by atoms with van der Waals surface area (Å²) in [4.78, 5) is 12.5. The zero-order valence-corrected chi connectivity index (χ0v) is 18.6. The first-order chi connectivity index (χ1) is 13.8. The molecule has 6 heteroatoms. The van der Waals surface area contributed by atoms with Gasteiger partial charge in [0, 0.05) is 32.3 Å². The van der Waals surface area contributed by atoms with Gasteiger partial charge in [-0.15, -0.1) is 0 Å². The van der Waals surface area contributed by atoms with Crippen LogP contribution < -0.4 is 5.32 Å². The Morgan fingerprint density at radius 3 is 2.45 bits per heavy atom. The molecule has 0 fully saturated rings. The molecular formula is C23H19BrClN3O. The van der Waals surface area contributed by atoms with E-state index in [0.717, 1.165) is 32.7 Å². The summed E-state index contributed by atoms with van der Waals surface area (Å²) >= 11 is 9.39. The number of rotatable bonds is 4. The Balaban J connectivity index is 1.94. The van der Waals surface area contributed by atoms with Crippen molar-refractivity contribution >= 4 is 45.2 Å². The van der Waals surface area contributed by atoms with Gasteiger partial charge in [-0.3, -0.25) is 4.79 Å². The van der Waals surface area contributed by atoms with E-state index < -0.39 is 5.91 Å². The standard InChI is InChI=1S/C23H19BrClN3O/c1-14-10-21(8-9-22(14)24)28-15(2)11-17(16(28)3)12-18(13-26)23(29)27-20-6-4-19(25)5-7-20/h4-12H,1-3H3,(H,27,29)/b18-12-. The van der Waals surface area contributed by atoms with E-state index in [-0.39, 0.29) is 5.57 Å². The van der Waals surface area contributed by atoms with Crippen LogP contribution in [0.4, 0.5) is 5.69 Å². The van der Waals surface area contributed by atoms with Gasteiger partial charge in [-0.1, -0.05) is 27.5 Å². The minimum absolute atomic E-state index is 0.0344. The van der Waals surface area contributed by atoms with Crippen molar-refractivity contribution in [2.24, 2.45) is 0 Å². The highest BCUT2D eigenvalue weighted by atomic mass is 79.9. The van der Waals surface area contributed by atoms with Gasteiger partial charge in [-0.2, -0.15) is 5.26 Å². The fourth-order valence-electron chi connectivity index (χ4n) is 3.13. The fourth-order valence-corrected chi connectivity index (χ4v) is 3.51. The van der Waals surface area contributed by atoms with E-state index in [1.807, 2.05) is 45.0 Å². The number of amides is 1. The highest BCUT2D eigenvalue weighted by molar-refractivity contribution is 9.10. The molecule has 0 saturated carbocycles. The normalized spacial score (nSPS) is 11.2. The lowest BCUT2D eigenvalue weighted by Crippen LogP contribution is -2.13. The van der Waals surface area contributed by atoms with E-state index in [2.05, 4.69) is 31.9 Å². The third-order valence-corrected chi connectivity index (χ3v) is 5.78. The lowest BCUT2D eigenvalue weighted by atomic mass is 10.1. The molecule has 0 aliphatic heterocycles. The fraction of sp³-hybridized carbons (Fsp3) is 0.130. The molecule has 1 N–H and O–H groups in total. The van der Waals surface area contributed by atoms with Crippen LogP contribution in [0.25, 0.3) is 11.8 Å². The van der Waals surface area contributed by atoms with E-state index in [9.17, 15) is 10.1 Å².